The Morgan fingerprint density at radius 3 is 2.87 bits per heavy atom. The van der Waals surface area contributed by atoms with E-state index in [-0.39, 0.29) is 6.10 Å². The van der Waals surface area contributed by atoms with Gasteiger partial charge >= 0.3 is 0 Å². The molecule has 0 aliphatic carbocycles. The van der Waals surface area contributed by atoms with E-state index >= 15 is 0 Å². The quantitative estimate of drug-likeness (QED) is 0.804. The van der Waals surface area contributed by atoms with Crippen molar-refractivity contribution in [1.82, 2.24) is 0 Å². The molecule has 0 bridgehead atoms. The summed E-state index contributed by atoms with van der Waals surface area (Å²) in [5.74, 6) is 0.990. The molecule has 1 aromatic rings. The predicted octanol–water partition coefficient (Wildman–Crippen LogP) is 2.32. The second-order valence-electron chi connectivity index (χ2n) is 5.06. The Morgan fingerprint density at radius 2 is 2.20 bits per heavy atom. The summed E-state index contributed by atoms with van der Waals surface area (Å²) in [4.78, 5) is 0. The standard InChI is InChI=1S/C13H18O2/c1-9-6-11-5-4-10(7-12(11)15-9)8-13(2,3)14/h4-5,7,9,14H,6,8H2,1-3H3. The van der Waals surface area contributed by atoms with E-state index in [1.165, 1.54) is 5.56 Å². The van der Waals surface area contributed by atoms with Crippen molar-refractivity contribution in [3.05, 3.63) is 29.3 Å². The van der Waals surface area contributed by atoms with Crippen LogP contribution in [0, 0.1) is 0 Å². The number of benzene rings is 1. The van der Waals surface area contributed by atoms with Gasteiger partial charge in [-0.3, -0.25) is 0 Å². The first kappa shape index (κ1) is 10.5. The van der Waals surface area contributed by atoms with E-state index in [1.54, 1.807) is 0 Å². The number of rotatable bonds is 2. The van der Waals surface area contributed by atoms with Crippen LogP contribution in [-0.4, -0.2) is 16.8 Å². The summed E-state index contributed by atoms with van der Waals surface area (Å²) in [5.41, 5.74) is 1.76. The summed E-state index contributed by atoms with van der Waals surface area (Å²) in [5, 5.41) is 9.73. The Hall–Kier alpha value is -1.02. The van der Waals surface area contributed by atoms with Gasteiger partial charge in [0, 0.05) is 12.8 Å². The summed E-state index contributed by atoms with van der Waals surface area (Å²) in [6, 6.07) is 6.24. The molecule has 0 fully saturated rings. The lowest BCUT2D eigenvalue weighted by molar-refractivity contribution is 0.0809. The van der Waals surface area contributed by atoms with E-state index in [0.29, 0.717) is 6.42 Å². The zero-order valence-electron chi connectivity index (χ0n) is 9.58. The van der Waals surface area contributed by atoms with Gasteiger partial charge in [0.2, 0.25) is 0 Å². The Morgan fingerprint density at radius 1 is 1.47 bits per heavy atom. The Kier molecular flexibility index (Phi) is 2.47. The van der Waals surface area contributed by atoms with Crippen molar-refractivity contribution >= 4 is 0 Å². The highest BCUT2D eigenvalue weighted by Crippen LogP contribution is 2.30. The minimum absolute atomic E-state index is 0.289. The summed E-state index contributed by atoms with van der Waals surface area (Å²) in [7, 11) is 0. The zero-order valence-corrected chi connectivity index (χ0v) is 9.58. The zero-order chi connectivity index (χ0) is 11.1. The van der Waals surface area contributed by atoms with Crippen molar-refractivity contribution in [2.75, 3.05) is 0 Å². The first-order valence-electron chi connectivity index (χ1n) is 5.45. The maximum absolute atomic E-state index is 9.73. The molecule has 1 aliphatic heterocycles. The molecule has 0 aromatic heterocycles. The fourth-order valence-electron chi connectivity index (χ4n) is 2.05. The van der Waals surface area contributed by atoms with Gasteiger partial charge in [0.15, 0.2) is 0 Å². The van der Waals surface area contributed by atoms with Crippen LogP contribution in [0.1, 0.15) is 31.9 Å². The Balaban J connectivity index is 2.20. The lowest BCUT2D eigenvalue weighted by Gasteiger charge is -2.17. The number of aliphatic hydroxyl groups is 1. The first-order chi connectivity index (χ1) is 6.94. The molecule has 0 spiro atoms. The van der Waals surface area contributed by atoms with Gasteiger partial charge in [-0.05, 0) is 38.0 Å². The lowest BCUT2D eigenvalue weighted by atomic mass is 9.97. The molecule has 1 aliphatic rings. The van der Waals surface area contributed by atoms with Gasteiger partial charge in [0.05, 0.1) is 5.60 Å². The van der Waals surface area contributed by atoms with Gasteiger partial charge < -0.3 is 9.84 Å². The Labute approximate surface area is 90.9 Å². The van der Waals surface area contributed by atoms with Crippen LogP contribution in [-0.2, 0) is 12.8 Å². The fraction of sp³-hybridized carbons (Fsp3) is 0.538. The molecule has 15 heavy (non-hydrogen) atoms. The third-order valence-electron chi connectivity index (χ3n) is 2.60. The van der Waals surface area contributed by atoms with Crippen molar-refractivity contribution in [2.45, 2.75) is 45.3 Å². The van der Waals surface area contributed by atoms with Crippen LogP contribution in [0.25, 0.3) is 0 Å². The van der Waals surface area contributed by atoms with E-state index in [0.717, 1.165) is 17.7 Å². The van der Waals surface area contributed by atoms with Gasteiger partial charge in [0.1, 0.15) is 11.9 Å². The molecule has 1 heterocycles. The second-order valence-corrected chi connectivity index (χ2v) is 5.06. The van der Waals surface area contributed by atoms with Crippen molar-refractivity contribution in [3.63, 3.8) is 0 Å². The average molecular weight is 206 g/mol. The number of ether oxygens (including phenoxy) is 1. The summed E-state index contributed by atoms with van der Waals surface area (Å²) < 4.78 is 5.68. The molecule has 1 aromatic carbocycles. The fourth-order valence-corrected chi connectivity index (χ4v) is 2.05. The highest BCUT2D eigenvalue weighted by atomic mass is 16.5. The molecule has 1 N–H and O–H groups in total. The van der Waals surface area contributed by atoms with Crippen LogP contribution in [0.2, 0.25) is 0 Å². The summed E-state index contributed by atoms with van der Waals surface area (Å²) >= 11 is 0. The maximum Gasteiger partial charge on any atom is 0.123 e. The van der Waals surface area contributed by atoms with Gasteiger partial charge in [0.25, 0.3) is 0 Å². The normalized spacial score (nSPS) is 19.9. The molecule has 82 valence electrons. The smallest absolute Gasteiger partial charge is 0.123 e. The van der Waals surface area contributed by atoms with Crippen molar-refractivity contribution in [2.24, 2.45) is 0 Å². The van der Waals surface area contributed by atoms with E-state index in [2.05, 4.69) is 25.1 Å². The third-order valence-corrected chi connectivity index (χ3v) is 2.60. The molecular weight excluding hydrogens is 188 g/mol. The molecule has 0 amide bonds. The highest BCUT2D eigenvalue weighted by molar-refractivity contribution is 5.41. The van der Waals surface area contributed by atoms with E-state index in [1.807, 2.05) is 13.8 Å². The molecule has 0 saturated carbocycles. The lowest BCUT2D eigenvalue weighted by Crippen LogP contribution is -2.21. The van der Waals surface area contributed by atoms with Crippen LogP contribution in [0.3, 0.4) is 0 Å². The third kappa shape index (κ3) is 2.51. The van der Waals surface area contributed by atoms with Crippen LogP contribution in [0.15, 0.2) is 18.2 Å². The van der Waals surface area contributed by atoms with E-state index in [9.17, 15) is 5.11 Å². The Bertz CT molecular complexity index is 363. The molecule has 1 unspecified atom stereocenters. The molecule has 2 heteroatoms. The summed E-state index contributed by atoms with van der Waals surface area (Å²) in [6.45, 7) is 5.73. The molecule has 0 radical (unpaired) electrons. The van der Waals surface area contributed by atoms with Crippen LogP contribution >= 0.6 is 0 Å². The molecule has 1 atom stereocenters. The minimum Gasteiger partial charge on any atom is -0.490 e. The molecule has 2 nitrogen and oxygen atoms in total. The minimum atomic E-state index is -0.654. The van der Waals surface area contributed by atoms with Crippen LogP contribution in [0.4, 0.5) is 0 Å². The topological polar surface area (TPSA) is 29.5 Å². The van der Waals surface area contributed by atoms with Crippen LogP contribution < -0.4 is 4.74 Å². The second kappa shape index (κ2) is 3.53. The van der Waals surface area contributed by atoms with Gasteiger partial charge in [-0.15, -0.1) is 0 Å². The molecule has 0 saturated heterocycles. The highest BCUT2D eigenvalue weighted by Gasteiger charge is 2.20. The van der Waals surface area contributed by atoms with Gasteiger partial charge in [-0.1, -0.05) is 12.1 Å². The number of fused-ring (bicyclic) bond motifs is 1. The molecular formula is C13H18O2. The van der Waals surface area contributed by atoms with E-state index in [4.69, 9.17) is 4.74 Å². The van der Waals surface area contributed by atoms with Gasteiger partial charge in [-0.2, -0.15) is 0 Å². The maximum atomic E-state index is 9.73. The monoisotopic (exact) mass is 206 g/mol. The number of hydrogen-bond donors (Lipinski definition) is 1. The van der Waals surface area contributed by atoms with Gasteiger partial charge in [-0.25, -0.2) is 0 Å². The van der Waals surface area contributed by atoms with Crippen molar-refractivity contribution in [1.29, 1.82) is 0 Å². The van der Waals surface area contributed by atoms with Crippen molar-refractivity contribution in [3.8, 4) is 5.75 Å². The molecule has 2 rings (SSSR count). The first-order valence-corrected chi connectivity index (χ1v) is 5.45. The number of hydrogen-bond acceptors (Lipinski definition) is 2. The SMILES string of the molecule is CC1Cc2ccc(CC(C)(C)O)cc2O1. The predicted molar refractivity (Wildman–Crippen MR) is 60.2 cm³/mol. The van der Waals surface area contributed by atoms with E-state index < -0.39 is 5.60 Å². The van der Waals surface area contributed by atoms with Crippen LogP contribution in [0.5, 0.6) is 5.75 Å². The van der Waals surface area contributed by atoms with Crippen molar-refractivity contribution < 1.29 is 9.84 Å². The average Bonchev–Trinajstić information content (AvgIpc) is 2.40. The largest absolute Gasteiger partial charge is 0.490 e. The summed E-state index contributed by atoms with van der Waals surface area (Å²) in [6.07, 6.45) is 1.95.